The van der Waals surface area contributed by atoms with E-state index < -0.39 is 0 Å². The Morgan fingerprint density at radius 3 is 2.91 bits per heavy atom. The van der Waals surface area contributed by atoms with Crippen LogP contribution in [0.3, 0.4) is 0 Å². The van der Waals surface area contributed by atoms with Crippen molar-refractivity contribution in [3.8, 4) is 0 Å². The van der Waals surface area contributed by atoms with Crippen LogP contribution in [0.2, 0.25) is 0 Å². The van der Waals surface area contributed by atoms with Gasteiger partial charge in [-0.3, -0.25) is 0 Å². The summed E-state index contributed by atoms with van der Waals surface area (Å²) in [7, 11) is 0. The molecule has 0 aliphatic carbocycles. The lowest BCUT2D eigenvalue weighted by Gasteiger charge is -1.80. The van der Waals surface area contributed by atoms with Crippen molar-refractivity contribution in [3.63, 3.8) is 0 Å². The summed E-state index contributed by atoms with van der Waals surface area (Å²) in [6.07, 6.45) is 0.606. The molecule has 0 N–H and O–H groups in total. The van der Waals surface area contributed by atoms with Crippen molar-refractivity contribution < 1.29 is 4.42 Å². The van der Waals surface area contributed by atoms with Crippen LogP contribution in [0, 0.1) is 6.92 Å². The molecule has 2 heteroatoms. The van der Waals surface area contributed by atoms with Gasteiger partial charge in [0.05, 0.1) is 0 Å². The van der Waals surface area contributed by atoms with Gasteiger partial charge in [0.1, 0.15) is 5.52 Å². The van der Waals surface area contributed by atoms with Crippen LogP contribution in [-0.4, -0.2) is 4.98 Å². The highest BCUT2D eigenvalue weighted by molar-refractivity contribution is 5.72. The second kappa shape index (κ2) is 2.38. The van der Waals surface area contributed by atoms with Crippen molar-refractivity contribution in [2.45, 2.75) is 6.42 Å². The molecule has 2 rings (SSSR count). The maximum atomic E-state index is 5.34. The van der Waals surface area contributed by atoms with Crippen LogP contribution in [0.1, 0.15) is 5.89 Å². The summed E-state index contributed by atoms with van der Waals surface area (Å²) in [4.78, 5) is 4.20. The number of nitrogens with zero attached hydrogens (tertiary/aromatic N) is 1. The zero-order valence-corrected chi connectivity index (χ0v) is 6.08. The molecule has 0 saturated heterocycles. The van der Waals surface area contributed by atoms with Gasteiger partial charge in [0.15, 0.2) is 11.5 Å². The largest absolute Gasteiger partial charge is 0.441 e. The number of benzene rings is 1. The molecule has 2 nitrogen and oxygen atoms in total. The predicted molar refractivity (Wildman–Crippen MR) is 43.1 cm³/mol. The minimum atomic E-state index is 0.606. The average molecular weight is 146 g/mol. The molecule has 1 aromatic carbocycles. The fourth-order valence-corrected chi connectivity index (χ4v) is 1.03. The molecule has 11 heavy (non-hydrogen) atoms. The smallest absolute Gasteiger partial charge is 0.195 e. The molecule has 0 spiro atoms. The third-order valence-electron chi connectivity index (χ3n) is 1.55. The second-order valence-electron chi connectivity index (χ2n) is 2.33. The second-order valence-corrected chi connectivity index (χ2v) is 2.33. The van der Waals surface area contributed by atoms with Crippen LogP contribution in [0.5, 0.6) is 0 Å². The number of fused-ring (bicyclic) bond motifs is 1. The normalized spacial score (nSPS) is 10.6. The highest BCUT2D eigenvalue weighted by atomic mass is 16.3. The third kappa shape index (κ3) is 1.00. The predicted octanol–water partition coefficient (Wildman–Crippen LogP) is 2.20. The SMILES string of the molecule is [CH2]Cc1nc2ccccc2o1. The van der Waals surface area contributed by atoms with Crippen LogP contribution >= 0.6 is 0 Å². The van der Waals surface area contributed by atoms with Gasteiger partial charge in [0.2, 0.25) is 0 Å². The van der Waals surface area contributed by atoms with Gasteiger partial charge in [-0.1, -0.05) is 12.1 Å². The summed E-state index contributed by atoms with van der Waals surface area (Å²) < 4.78 is 5.34. The van der Waals surface area contributed by atoms with Crippen LogP contribution in [0.15, 0.2) is 28.7 Å². The Balaban J connectivity index is 2.69. The van der Waals surface area contributed by atoms with Gasteiger partial charge in [-0.05, 0) is 19.1 Å². The molecule has 0 aliphatic rings. The van der Waals surface area contributed by atoms with E-state index in [4.69, 9.17) is 4.42 Å². The van der Waals surface area contributed by atoms with Gasteiger partial charge < -0.3 is 4.42 Å². The monoisotopic (exact) mass is 146 g/mol. The molecule has 0 bridgehead atoms. The van der Waals surface area contributed by atoms with E-state index in [1.165, 1.54) is 0 Å². The quantitative estimate of drug-likeness (QED) is 0.616. The Morgan fingerprint density at radius 2 is 2.18 bits per heavy atom. The molecule has 1 heterocycles. The number of para-hydroxylation sites is 2. The van der Waals surface area contributed by atoms with Crippen molar-refractivity contribution >= 4 is 11.1 Å². The van der Waals surface area contributed by atoms with E-state index in [1.807, 2.05) is 24.3 Å². The van der Waals surface area contributed by atoms with Crippen molar-refractivity contribution in [1.29, 1.82) is 0 Å². The summed E-state index contributed by atoms with van der Waals surface area (Å²) in [5.41, 5.74) is 1.75. The molecular formula is C9H8NO. The minimum absolute atomic E-state index is 0.606. The van der Waals surface area contributed by atoms with Gasteiger partial charge in [0, 0.05) is 6.42 Å². The van der Waals surface area contributed by atoms with E-state index in [2.05, 4.69) is 11.9 Å². The molecular weight excluding hydrogens is 138 g/mol. The van der Waals surface area contributed by atoms with E-state index >= 15 is 0 Å². The molecule has 0 amide bonds. The molecule has 1 radical (unpaired) electrons. The Morgan fingerprint density at radius 1 is 1.36 bits per heavy atom. The number of hydrogen-bond donors (Lipinski definition) is 0. The highest BCUT2D eigenvalue weighted by Crippen LogP contribution is 2.14. The van der Waals surface area contributed by atoms with Crippen LogP contribution in [0.4, 0.5) is 0 Å². The average Bonchev–Trinajstić information content (AvgIpc) is 2.46. The van der Waals surface area contributed by atoms with Gasteiger partial charge >= 0.3 is 0 Å². The summed E-state index contributed by atoms with van der Waals surface area (Å²) in [5, 5.41) is 0. The lowest BCUT2D eigenvalue weighted by Crippen LogP contribution is -1.75. The zero-order chi connectivity index (χ0) is 7.68. The molecule has 2 aromatic rings. The molecule has 1 aromatic heterocycles. The van der Waals surface area contributed by atoms with Crippen molar-refractivity contribution in [3.05, 3.63) is 37.1 Å². The minimum Gasteiger partial charge on any atom is -0.441 e. The number of oxazole rings is 1. The first-order valence-electron chi connectivity index (χ1n) is 3.54. The van der Waals surface area contributed by atoms with Gasteiger partial charge in [0.25, 0.3) is 0 Å². The van der Waals surface area contributed by atoms with E-state index in [1.54, 1.807) is 0 Å². The van der Waals surface area contributed by atoms with Gasteiger partial charge in [-0.25, -0.2) is 4.98 Å². The van der Waals surface area contributed by atoms with Crippen LogP contribution < -0.4 is 0 Å². The summed E-state index contributed by atoms with van der Waals surface area (Å²) in [6.45, 7) is 3.69. The summed E-state index contributed by atoms with van der Waals surface area (Å²) >= 11 is 0. The van der Waals surface area contributed by atoms with Gasteiger partial charge in [-0.15, -0.1) is 0 Å². The third-order valence-corrected chi connectivity index (χ3v) is 1.55. The molecule has 0 atom stereocenters. The molecule has 0 saturated carbocycles. The zero-order valence-electron chi connectivity index (χ0n) is 6.08. The fraction of sp³-hybridized carbons (Fsp3) is 0.111. The standard InChI is InChI=1S/C9H8NO/c1-2-9-10-7-5-3-4-6-8(7)11-9/h3-6H,1-2H2. The summed E-state index contributed by atoms with van der Waals surface area (Å²) in [6, 6.07) is 7.71. The maximum Gasteiger partial charge on any atom is 0.195 e. The van der Waals surface area contributed by atoms with Crippen LogP contribution in [0.25, 0.3) is 11.1 Å². The fourth-order valence-electron chi connectivity index (χ4n) is 1.03. The van der Waals surface area contributed by atoms with E-state index in [0.717, 1.165) is 11.1 Å². The Labute approximate surface area is 64.9 Å². The first kappa shape index (κ1) is 6.40. The first-order valence-corrected chi connectivity index (χ1v) is 3.54. The first-order chi connectivity index (χ1) is 5.40. The molecule has 0 unspecified atom stereocenters. The molecule has 0 fully saturated rings. The number of hydrogen-bond acceptors (Lipinski definition) is 2. The molecule has 55 valence electrons. The lowest BCUT2D eigenvalue weighted by atomic mass is 10.3. The van der Waals surface area contributed by atoms with E-state index in [9.17, 15) is 0 Å². The Kier molecular flexibility index (Phi) is 1.39. The van der Waals surface area contributed by atoms with Crippen molar-refractivity contribution in [2.24, 2.45) is 0 Å². The lowest BCUT2D eigenvalue weighted by molar-refractivity contribution is 0.546. The van der Waals surface area contributed by atoms with Gasteiger partial charge in [-0.2, -0.15) is 0 Å². The van der Waals surface area contributed by atoms with Crippen molar-refractivity contribution in [1.82, 2.24) is 4.98 Å². The summed E-state index contributed by atoms with van der Waals surface area (Å²) in [5.74, 6) is 0.700. The highest BCUT2D eigenvalue weighted by Gasteiger charge is 2.00. The van der Waals surface area contributed by atoms with Crippen LogP contribution in [-0.2, 0) is 6.42 Å². The Bertz CT molecular complexity index is 331. The number of rotatable bonds is 1. The van der Waals surface area contributed by atoms with E-state index in [-0.39, 0.29) is 0 Å². The Hall–Kier alpha value is -1.31. The number of aromatic nitrogens is 1. The van der Waals surface area contributed by atoms with Crippen molar-refractivity contribution in [2.75, 3.05) is 0 Å². The molecule has 0 aliphatic heterocycles. The van der Waals surface area contributed by atoms with E-state index in [0.29, 0.717) is 12.3 Å². The maximum absolute atomic E-state index is 5.34. The topological polar surface area (TPSA) is 26.0 Å².